The van der Waals surface area contributed by atoms with Crippen LogP contribution in [0.3, 0.4) is 0 Å². The number of piperidine rings is 1. The predicted molar refractivity (Wildman–Crippen MR) is 79.0 cm³/mol. The first kappa shape index (κ1) is 14.8. The average molecular weight is 266 g/mol. The molecule has 1 N–H and O–H groups in total. The summed E-state index contributed by atoms with van der Waals surface area (Å²) in [5.74, 6) is 1.03. The van der Waals surface area contributed by atoms with E-state index < -0.39 is 0 Å². The van der Waals surface area contributed by atoms with Gasteiger partial charge in [-0.2, -0.15) is 0 Å². The van der Waals surface area contributed by atoms with Gasteiger partial charge in [-0.3, -0.25) is 4.79 Å². The summed E-state index contributed by atoms with van der Waals surface area (Å²) in [5.41, 5.74) is 0.0934. The topological polar surface area (TPSA) is 32.3 Å². The van der Waals surface area contributed by atoms with Gasteiger partial charge in [0, 0.05) is 13.6 Å². The summed E-state index contributed by atoms with van der Waals surface area (Å²) in [7, 11) is 1.99. The fraction of sp³-hybridized carbons (Fsp3) is 0.938. The minimum Gasteiger partial charge on any atom is -0.344 e. The monoisotopic (exact) mass is 266 g/mol. The summed E-state index contributed by atoms with van der Waals surface area (Å²) < 4.78 is 0. The highest BCUT2D eigenvalue weighted by Crippen LogP contribution is 2.31. The second kappa shape index (κ2) is 6.25. The molecule has 1 heterocycles. The summed E-state index contributed by atoms with van der Waals surface area (Å²) in [5, 5.41) is 3.44. The molecule has 1 aliphatic heterocycles. The molecule has 1 unspecified atom stereocenters. The molecule has 2 aliphatic rings. The van der Waals surface area contributed by atoms with Gasteiger partial charge in [-0.05, 0) is 43.6 Å². The van der Waals surface area contributed by atoms with E-state index in [1.54, 1.807) is 0 Å². The molecule has 2 rings (SSSR count). The molecule has 0 aromatic carbocycles. The summed E-state index contributed by atoms with van der Waals surface area (Å²) in [4.78, 5) is 14.6. The first-order chi connectivity index (χ1) is 9.00. The van der Waals surface area contributed by atoms with Crippen LogP contribution in [0.5, 0.6) is 0 Å². The molecule has 0 spiro atoms. The van der Waals surface area contributed by atoms with Crippen LogP contribution in [0.1, 0.15) is 58.8 Å². The van der Waals surface area contributed by atoms with Crippen molar-refractivity contribution in [1.29, 1.82) is 0 Å². The number of nitrogens with zero attached hydrogens (tertiary/aromatic N) is 1. The lowest BCUT2D eigenvalue weighted by molar-refractivity contribution is -0.136. The van der Waals surface area contributed by atoms with Gasteiger partial charge in [-0.15, -0.1) is 0 Å². The quantitative estimate of drug-likeness (QED) is 0.852. The molecule has 1 saturated carbocycles. The van der Waals surface area contributed by atoms with Crippen molar-refractivity contribution in [2.24, 2.45) is 11.3 Å². The van der Waals surface area contributed by atoms with Crippen LogP contribution in [0, 0.1) is 11.3 Å². The van der Waals surface area contributed by atoms with E-state index in [0.717, 1.165) is 25.4 Å². The summed E-state index contributed by atoms with van der Waals surface area (Å²) in [6, 6.07) is 0.00911. The van der Waals surface area contributed by atoms with Crippen LogP contribution < -0.4 is 5.32 Å². The van der Waals surface area contributed by atoms with E-state index in [2.05, 4.69) is 19.2 Å². The number of likely N-dealkylation sites (N-methyl/N-ethyl adjacent to an activating group) is 1. The van der Waals surface area contributed by atoms with Crippen molar-refractivity contribution < 1.29 is 4.79 Å². The standard InChI is InChI=1S/C16H30N2O/c1-16(2)10-7-11-17-14(16)15(19)18(3)12-13-8-5-4-6-9-13/h13-14,17H,4-12H2,1-3H3. The Morgan fingerprint density at radius 2 is 1.89 bits per heavy atom. The van der Waals surface area contributed by atoms with E-state index in [1.807, 2.05) is 11.9 Å². The third kappa shape index (κ3) is 3.71. The number of hydrogen-bond acceptors (Lipinski definition) is 2. The molecule has 0 bridgehead atoms. The summed E-state index contributed by atoms with van der Waals surface area (Å²) in [6.07, 6.45) is 9.01. The third-order valence-corrected chi connectivity index (χ3v) is 5.01. The van der Waals surface area contributed by atoms with E-state index >= 15 is 0 Å². The second-order valence-corrected chi connectivity index (χ2v) is 7.20. The van der Waals surface area contributed by atoms with Crippen molar-refractivity contribution >= 4 is 5.91 Å². The SMILES string of the molecule is CN(CC1CCCCC1)C(=O)C1NCCCC1(C)C. The smallest absolute Gasteiger partial charge is 0.240 e. The molecule has 1 aliphatic carbocycles. The molecule has 0 aromatic rings. The zero-order valence-electron chi connectivity index (χ0n) is 12.9. The molecule has 3 heteroatoms. The van der Waals surface area contributed by atoms with Gasteiger partial charge in [0.2, 0.25) is 5.91 Å². The maximum absolute atomic E-state index is 12.7. The van der Waals surface area contributed by atoms with Crippen molar-refractivity contribution in [1.82, 2.24) is 10.2 Å². The minimum absolute atomic E-state index is 0.00911. The number of amides is 1. The van der Waals surface area contributed by atoms with Crippen molar-refractivity contribution in [2.75, 3.05) is 20.1 Å². The number of hydrogen-bond donors (Lipinski definition) is 1. The largest absolute Gasteiger partial charge is 0.344 e. The lowest BCUT2D eigenvalue weighted by atomic mass is 9.77. The first-order valence-electron chi connectivity index (χ1n) is 7.99. The highest BCUT2D eigenvalue weighted by atomic mass is 16.2. The Morgan fingerprint density at radius 1 is 1.21 bits per heavy atom. The second-order valence-electron chi connectivity index (χ2n) is 7.20. The number of carbonyl (C=O) groups is 1. The van der Waals surface area contributed by atoms with Gasteiger partial charge < -0.3 is 10.2 Å². The van der Waals surface area contributed by atoms with Crippen LogP contribution in [-0.2, 0) is 4.79 Å². The highest BCUT2D eigenvalue weighted by molar-refractivity contribution is 5.82. The molecular weight excluding hydrogens is 236 g/mol. The average Bonchev–Trinajstić information content (AvgIpc) is 2.38. The van der Waals surface area contributed by atoms with Crippen molar-refractivity contribution in [2.45, 2.75) is 64.8 Å². The lowest BCUT2D eigenvalue weighted by Crippen LogP contribution is -2.56. The Kier molecular flexibility index (Phi) is 4.88. The van der Waals surface area contributed by atoms with Crippen LogP contribution >= 0.6 is 0 Å². The van der Waals surface area contributed by atoms with Gasteiger partial charge in [0.15, 0.2) is 0 Å². The van der Waals surface area contributed by atoms with E-state index in [0.29, 0.717) is 5.91 Å². The molecule has 1 atom stereocenters. The van der Waals surface area contributed by atoms with Crippen molar-refractivity contribution in [3.05, 3.63) is 0 Å². The van der Waals surface area contributed by atoms with Gasteiger partial charge in [0.25, 0.3) is 0 Å². The van der Waals surface area contributed by atoms with E-state index in [9.17, 15) is 4.79 Å². The predicted octanol–water partition coefficient (Wildman–Crippen LogP) is 2.80. The van der Waals surface area contributed by atoms with E-state index in [4.69, 9.17) is 0 Å². The number of carbonyl (C=O) groups excluding carboxylic acids is 1. The van der Waals surface area contributed by atoms with Crippen LogP contribution in [0.15, 0.2) is 0 Å². The molecule has 1 amide bonds. The summed E-state index contributed by atoms with van der Waals surface area (Å²) in [6.45, 7) is 6.37. The molecule has 2 fully saturated rings. The minimum atomic E-state index is 0.00911. The van der Waals surface area contributed by atoms with Gasteiger partial charge in [-0.1, -0.05) is 33.1 Å². The van der Waals surface area contributed by atoms with Crippen LogP contribution in [-0.4, -0.2) is 37.0 Å². The van der Waals surface area contributed by atoms with Gasteiger partial charge >= 0.3 is 0 Å². The Hall–Kier alpha value is -0.570. The first-order valence-corrected chi connectivity index (χ1v) is 7.99. The summed E-state index contributed by atoms with van der Waals surface area (Å²) >= 11 is 0. The fourth-order valence-corrected chi connectivity index (χ4v) is 3.70. The van der Waals surface area contributed by atoms with E-state index in [-0.39, 0.29) is 11.5 Å². The third-order valence-electron chi connectivity index (χ3n) is 5.01. The van der Waals surface area contributed by atoms with Crippen LogP contribution in [0.25, 0.3) is 0 Å². The molecule has 3 nitrogen and oxygen atoms in total. The Morgan fingerprint density at radius 3 is 2.53 bits per heavy atom. The van der Waals surface area contributed by atoms with Gasteiger partial charge in [0.1, 0.15) is 0 Å². The maximum Gasteiger partial charge on any atom is 0.240 e. The molecule has 110 valence electrons. The molecular formula is C16H30N2O. The van der Waals surface area contributed by atoms with E-state index in [1.165, 1.54) is 38.5 Å². The molecule has 19 heavy (non-hydrogen) atoms. The van der Waals surface area contributed by atoms with Crippen LogP contribution in [0.4, 0.5) is 0 Å². The van der Waals surface area contributed by atoms with Crippen LogP contribution in [0.2, 0.25) is 0 Å². The fourth-order valence-electron chi connectivity index (χ4n) is 3.70. The Labute approximate surface area is 118 Å². The molecule has 1 saturated heterocycles. The Bertz CT molecular complexity index is 308. The normalized spacial score (nSPS) is 28.1. The zero-order valence-corrected chi connectivity index (χ0v) is 12.9. The number of rotatable bonds is 3. The van der Waals surface area contributed by atoms with Crippen molar-refractivity contribution in [3.8, 4) is 0 Å². The maximum atomic E-state index is 12.7. The van der Waals surface area contributed by atoms with Gasteiger partial charge in [0.05, 0.1) is 6.04 Å². The molecule has 0 aromatic heterocycles. The lowest BCUT2D eigenvalue weighted by Gasteiger charge is -2.40. The van der Waals surface area contributed by atoms with Gasteiger partial charge in [-0.25, -0.2) is 0 Å². The Balaban J connectivity index is 1.90. The highest BCUT2D eigenvalue weighted by Gasteiger charge is 2.38. The van der Waals surface area contributed by atoms with Crippen molar-refractivity contribution in [3.63, 3.8) is 0 Å². The molecule has 0 radical (unpaired) electrons. The number of nitrogens with one attached hydrogen (secondary N) is 1. The zero-order chi connectivity index (χ0) is 13.9.